The summed E-state index contributed by atoms with van der Waals surface area (Å²) in [6, 6.07) is 0.932. The summed E-state index contributed by atoms with van der Waals surface area (Å²) in [6.45, 7) is 4.60. The number of piperazine rings is 1. The summed E-state index contributed by atoms with van der Waals surface area (Å²) in [5, 5.41) is 0. The predicted octanol–water partition coefficient (Wildman–Crippen LogP) is 0.115. The monoisotopic (exact) mass is 218 g/mol. The van der Waals surface area contributed by atoms with Gasteiger partial charge in [-0.2, -0.15) is 4.31 Å². The molecular weight excluding hydrogens is 200 g/mol. The maximum absolute atomic E-state index is 11.4. The highest BCUT2D eigenvalue weighted by molar-refractivity contribution is 7.88. The van der Waals surface area contributed by atoms with Crippen molar-refractivity contribution in [3.8, 4) is 0 Å². The van der Waals surface area contributed by atoms with Crippen LogP contribution in [0.4, 0.5) is 0 Å². The van der Waals surface area contributed by atoms with Crippen molar-refractivity contribution >= 4 is 10.0 Å². The fourth-order valence-corrected chi connectivity index (χ4v) is 3.62. The van der Waals surface area contributed by atoms with Crippen LogP contribution in [0.3, 0.4) is 0 Å². The fourth-order valence-electron chi connectivity index (χ4n) is 2.74. The quantitative estimate of drug-likeness (QED) is 0.661. The van der Waals surface area contributed by atoms with Gasteiger partial charge in [0.15, 0.2) is 0 Å². The molecule has 2 bridgehead atoms. The molecule has 2 fully saturated rings. The van der Waals surface area contributed by atoms with E-state index < -0.39 is 10.0 Å². The number of fused-ring (bicyclic) bond motifs is 2. The Bertz CT molecular complexity index is 301. The lowest BCUT2D eigenvalue weighted by Crippen LogP contribution is -2.54. The third-order valence-corrected chi connectivity index (χ3v) is 4.67. The first-order valence-corrected chi connectivity index (χ1v) is 7.08. The minimum absolute atomic E-state index is 0.466. The average molecular weight is 218 g/mol. The fraction of sp³-hybridized carbons (Fsp3) is 1.00. The summed E-state index contributed by atoms with van der Waals surface area (Å²) < 4.78 is 24.5. The van der Waals surface area contributed by atoms with Crippen LogP contribution in [0.5, 0.6) is 0 Å². The summed E-state index contributed by atoms with van der Waals surface area (Å²) in [6.07, 6.45) is 3.63. The van der Waals surface area contributed by atoms with E-state index in [4.69, 9.17) is 0 Å². The molecule has 82 valence electrons. The number of hydrogen-bond acceptors (Lipinski definition) is 3. The van der Waals surface area contributed by atoms with Gasteiger partial charge in [0.1, 0.15) is 0 Å². The van der Waals surface area contributed by atoms with Crippen molar-refractivity contribution in [2.75, 3.05) is 25.9 Å². The Morgan fingerprint density at radius 1 is 1.21 bits per heavy atom. The number of likely N-dealkylation sites (N-methyl/N-ethyl adjacent to an activating group) is 1. The van der Waals surface area contributed by atoms with Crippen LogP contribution in [0, 0.1) is 0 Å². The van der Waals surface area contributed by atoms with Crippen LogP contribution in [0.25, 0.3) is 0 Å². The van der Waals surface area contributed by atoms with Gasteiger partial charge >= 0.3 is 0 Å². The average Bonchev–Trinajstić information content (AvgIpc) is 2.32. The molecule has 0 spiro atoms. The highest BCUT2D eigenvalue weighted by Gasteiger charge is 2.41. The van der Waals surface area contributed by atoms with Gasteiger partial charge in [-0.15, -0.1) is 0 Å². The van der Waals surface area contributed by atoms with Gasteiger partial charge in [0, 0.05) is 25.2 Å². The standard InChI is InChI=1S/C9H18N2O2S/c1-3-11-8-4-5-9(11)7-10(6-8)14(2,12)13/h8-9H,3-7H2,1-2H3. The van der Waals surface area contributed by atoms with Crippen LogP contribution < -0.4 is 0 Å². The van der Waals surface area contributed by atoms with Gasteiger partial charge in [-0.3, -0.25) is 4.90 Å². The van der Waals surface area contributed by atoms with Crippen LogP contribution in [0.2, 0.25) is 0 Å². The van der Waals surface area contributed by atoms with Crippen LogP contribution in [-0.4, -0.2) is 55.6 Å². The van der Waals surface area contributed by atoms with Crippen molar-refractivity contribution < 1.29 is 8.42 Å². The van der Waals surface area contributed by atoms with E-state index in [-0.39, 0.29) is 0 Å². The lowest BCUT2D eigenvalue weighted by molar-refractivity contribution is 0.117. The molecule has 0 radical (unpaired) electrons. The molecule has 0 N–H and O–H groups in total. The van der Waals surface area contributed by atoms with Crippen molar-refractivity contribution in [2.24, 2.45) is 0 Å². The van der Waals surface area contributed by atoms with Crippen molar-refractivity contribution in [2.45, 2.75) is 31.8 Å². The maximum Gasteiger partial charge on any atom is 0.211 e. The zero-order valence-corrected chi connectivity index (χ0v) is 9.63. The zero-order valence-electron chi connectivity index (χ0n) is 8.81. The second-order valence-corrected chi connectivity index (χ2v) is 6.28. The van der Waals surface area contributed by atoms with Crippen LogP contribution in [0.1, 0.15) is 19.8 Å². The summed E-state index contributed by atoms with van der Waals surface area (Å²) in [7, 11) is -2.98. The van der Waals surface area contributed by atoms with Crippen molar-refractivity contribution in [3.05, 3.63) is 0 Å². The molecular formula is C9H18N2O2S. The summed E-state index contributed by atoms with van der Waals surface area (Å²) in [5.74, 6) is 0. The molecule has 2 unspecified atom stereocenters. The third kappa shape index (κ3) is 1.68. The molecule has 0 aromatic heterocycles. The maximum atomic E-state index is 11.4. The molecule has 2 aliphatic heterocycles. The molecule has 0 saturated carbocycles. The topological polar surface area (TPSA) is 40.6 Å². The molecule has 2 rings (SSSR count). The van der Waals surface area contributed by atoms with Gasteiger partial charge < -0.3 is 0 Å². The van der Waals surface area contributed by atoms with Gasteiger partial charge in [0.25, 0.3) is 0 Å². The molecule has 0 aromatic rings. The Morgan fingerprint density at radius 3 is 2.07 bits per heavy atom. The minimum Gasteiger partial charge on any atom is -0.295 e. The molecule has 2 heterocycles. The van der Waals surface area contributed by atoms with Crippen molar-refractivity contribution in [1.82, 2.24) is 9.21 Å². The molecule has 0 aliphatic carbocycles. The minimum atomic E-state index is -2.98. The van der Waals surface area contributed by atoms with Crippen LogP contribution >= 0.6 is 0 Å². The Hall–Kier alpha value is -0.130. The second kappa shape index (κ2) is 3.47. The number of rotatable bonds is 2. The van der Waals surface area contributed by atoms with E-state index in [1.165, 1.54) is 6.26 Å². The van der Waals surface area contributed by atoms with Gasteiger partial charge in [0.2, 0.25) is 10.0 Å². The molecule has 14 heavy (non-hydrogen) atoms. The predicted molar refractivity (Wildman–Crippen MR) is 55.6 cm³/mol. The molecule has 2 aliphatic rings. The Balaban J connectivity index is 2.13. The summed E-state index contributed by atoms with van der Waals surface area (Å²) in [5.41, 5.74) is 0. The number of hydrogen-bond donors (Lipinski definition) is 0. The third-order valence-electron chi connectivity index (χ3n) is 3.43. The lowest BCUT2D eigenvalue weighted by Gasteiger charge is -2.39. The Labute approximate surface area is 85.9 Å². The van der Waals surface area contributed by atoms with Gasteiger partial charge in [-0.25, -0.2) is 8.42 Å². The zero-order chi connectivity index (χ0) is 10.3. The van der Waals surface area contributed by atoms with E-state index in [1.54, 1.807) is 4.31 Å². The van der Waals surface area contributed by atoms with Gasteiger partial charge in [-0.1, -0.05) is 6.92 Å². The SMILES string of the molecule is CCN1C2CCC1CN(S(C)(=O)=O)C2. The van der Waals surface area contributed by atoms with E-state index in [2.05, 4.69) is 11.8 Å². The van der Waals surface area contributed by atoms with Crippen molar-refractivity contribution in [1.29, 1.82) is 0 Å². The number of sulfonamides is 1. The van der Waals surface area contributed by atoms with Crippen LogP contribution in [-0.2, 0) is 10.0 Å². The smallest absolute Gasteiger partial charge is 0.211 e. The Kier molecular flexibility index (Phi) is 2.57. The van der Waals surface area contributed by atoms with Crippen molar-refractivity contribution in [3.63, 3.8) is 0 Å². The van der Waals surface area contributed by atoms with Gasteiger partial charge in [-0.05, 0) is 19.4 Å². The van der Waals surface area contributed by atoms with Gasteiger partial charge in [0.05, 0.1) is 6.26 Å². The molecule has 0 amide bonds. The lowest BCUT2D eigenvalue weighted by atomic mass is 10.2. The first-order valence-electron chi connectivity index (χ1n) is 5.23. The molecule has 0 aromatic carbocycles. The normalized spacial score (nSPS) is 35.0. The summed E-state index contributed by atoms with van der Waals surface area (Å²) in [4.78, 5) is 2.45. The molecule has 2 atom stereocenters. The van der Waals surface area contributed by atoms with E-state index >= 15 is 0 Å². The van der Waals surface area contributed by atoms with E-state index in [0.29, 0.717) is 25.2 Å². The molecule has 4 nitrogen and oxygen atoms in total. The molecule has 2 saturated heterocycles. The largest absolute Gasteiger partial charge is 0.295 e. The first-order chi connectivity index (χ1) is 6.52. The molecule has 5 heteroatoms. The highest BCUT2D eigenvalue weighted by atomic mass is 32.2. The number of nitrogens with zero attached hydrogens (tertiary/aromatic N) is 2. The van der Waals surface area contributed by atoms with E-state index in [1.807, 2.05) is 0 Å². The summed E-state index contributed by atoms with van der Waals surface area (Å²) >= 11 is 0. The Morgan fingerprint density at radius 2 is 1.71 bits per heavy atom. The second-order valence-electron chi connectivity index (χ2n) is 4.30. The van der Waals surface area contributed by atoms with Crippen LogP contribution in [0.15, 0.2) is 0 Å². The highest BCUT2D eigenvalue weighted by Crippen LogP contribution is 2.30. The van der Waals surface area contributed by atoms with E-state index in [9.17, 15) is 8.42 Å². The van der Waals surface area contributed by atoms with E-state index in [0.717, 1.165) is 19.4 Å². The first kappa shape index (κ1) is 10.4.